The van der Waals surface area contributed by atoms with Crippen LogP contribution in [-0.4, -0.2) is 80.2 Å². The quantitative estimate of drug-likeness (QED) is 0.360. The number of carbonyl (C=O) groups excluding carboxylic acids is 2. The Hall–Kier alpha value is -1.26. The Morgan fingerprint density at radius 2 is 1.88 bits per heavy atom. The van der Waals surface area contributed by atoms with Crippen LogP contribution in [0.3, 0.4) is 0 Å². The molecule has 146 valence electrons. The van der Waals surface area contributed by atoms with Crippen molar-refractivity contribution in [2.24, 2.45) is 4.99 Å². The second-order valence-corrected chi connectivity index (χ2v) is 6.36. The van der Waals surface area contributed by atoms with E-state index in [2.05, 4.69) is 15.6 Å². The molecule has 1 aliphatic rings. The van der Waals surface area contributed by atoms with Crippen molar-refractivity contribution in [3.63, 3.8) is 0 Å². The van der Waals surface area contributed by atoms with E-state index in [9.17, 15) is 9.59 Å². The van der Waals surface area contributed by atoms with Crippen molar-refractivity contribution in [1.82, 2.24) is 20.4 Å². The molecule has 1 fully saturated rings. The number of likely N-dealkylation sites (N-methyl/N-ethyl adjacent to an activating group) is 1. The van der Waals surface area contributed by atoms with Gasteiger partial charge in [-0.15, -0.1) is 24.0 Å². The van der Waals surface area contributed by atoms with Gasteiger partial charge in [0.1, 0.15) is 6.54 Å². The predicted molar refractivity (Wildman–Crippen MR) is 109 cm³/mol. The number of halogens is 1. The van der Waals surface area contributed by atoms with Crippen LogP contribution in [-0.2, 0) is 9.53 Å². The summed E-state index contributed by atoms with van der Waals surface area (Å²) in [6.07, 6.45) is 1.39. The van der Waals surface area contributed by atoms with Gasteiger partial charge in [-0.2, -0.15) is 0 Å². The number of nitrogens with one attached hydrogen (secondary N) is 2. The van der Waals surface area contributed by atoms with Gasteiger partial charge in [0.2, 0.25) is 5.91 Å². The Bertz CT molecular complexity index is 449. The number of carbonyl (C=O) groups is 2. The lowest BCUT2D eigenvalue weighted by Gasteiger charge is -2.32. The molecule has 1 aliphatic heterocycles. The highest BCUT2D eigenvalue weighted by Gasteiger charge is 2.24. The molecular formula is C16H32IN5O3. The molecule has 0 aromatic rings. The number of aliphatic imine (C=N–C) groups is 1. The summed E-state index contributed by atoms with van der Waals surface area (Å²) in [5, 5.41) is 6.60. The van der Waals surface area contributed by atoms with Gasteiger partial charge in [-0.05, 0) is 33.6 Å². The van der Waals surface area contributed by atoms with E-state index in [-0.39, 0.29) is 54.6 Å². The highest BCUT2D eigenvalue weighted by molar-refractivity contribution is 14.0. The van der Waals surface area contributed by atoms with Crippen molar-refractivity contribution in [1.29, 1.82) is 0 Å². The van der Waals surface area contributed by atoms with Crippen LogP contribution < -0.4 is 10.6 Å². The first-order valence-electron chi connectivity index (χ1n) is 8.52. The fourth-order valence-electron chi connectivity index (χ4n) is 2.31. The van der Waals surface area contributed by atoms with Crippen LogP contribution in [0.2, 0.25) is 0 Å². The van der Waals surface area contributed by atoms with Gasteiger partial charge in [-0.1, -0.05) is 0 Å². The van der Waals surface area contributed by atoms with E-state index >= 15 is 0 Å². The molecular weight excluding hydrogens is 437 g/mol. The zero-order chi connectivity index (χ0) is 18.1. The zero-order valence-electron chi connectivity index (χ0n) is 15.9. The number of guanidine groups is 1. The Morgan fingerprint density at radius 3 is 2.36 bits per heavy atom. The molecule has 0 atom stereocenters. The van der Waals surface area contributed by atoms with Gasteiger partial charge in [0.05, 0.1) is 6.61 Å². The third-order valence-electron chi connectivity index (χ3n) is 3.66. The predicted octanol–water partition coefficient (Wildman–Crippen LogP) is 1.26. The van der Waals surface area contributed by atoms with E-state index in [0.717, 1.165) is 12.8 Å². The maximum atomic E-state index is 11.7. The number of amides is 2. The smallest absolute Gasteiger partial charge is 0.409 e. The van der Waals surface area contributed by atoms with Crippen LogP contribution in [0.25, 0.3) is 0 Å². The number of hydrogen-bond acceptors (Lipinski definition) is 4. The molecule has 0 saturated carbocycles. The van der Waals surface area contributed by atoms with Crippen LogP contribution >= 0.6 is 24.0 Å². The Morgan fingerprint density at radius 1 is 1.28 bits per heavy atom. The minimum atomic E-state index is -0.248. The third kappa shape index (κ3) is 9.13. The summed E-state index contributed by atoms with van der Waals surface area (Å²) in [5.74, 6) is 0.590. The SMILES string of the molecule is CCOC(=O)N1CCC(NC(=NCC(=O)N(C)C)NC(C)C)CC1.I. The number of piperidine rings is 1. The summed E-state index contributed by atoms with van der Waals surface area (Å²) < 4.78 is 5.03. The topological polar surface area (TPSA) is 86.3 Å². The lowest BCUT2D eigenvalue weighted by atomic mass is 10.1. The molecule has 0 aromatic heterocycles. The van der Waals surface area contributed by atoms with Crippen molar-refractivity contribution in [3.05, 3.63) is 0 Å². The lowest BCUT2D eigenvalue weighted by Crippen LogP contribution is -2.51. The molecule has 0 aromatic carbocycles. The van der Waals surface area contributed by atoms with E-state index in [1.54, 1.807) is 19.0 Å². The minimum Gasteiger partial charge on any atom is -0.450 e. The highest BCUT2D eigenvalue weighted by atomic mass is 127. The van der Waals surface area contributed by atoms with Crippen LogP contribution in [0.5, 0.6) is 0 Å². The molecule has 0 radical (unpaired) electrons. The maximum Gasteiger partial charge on any atom is 0.409 e. The van der Waals surface area contributed by atoms with Crippen LogP contribution in [0.4, 0.5) is 4.79 Å². The normalized spacial score (nSPS) is 15.4. The van der Waals surface area contributed by atoms with Crippen molar-refractivity contribution < 1.29 is 14.3 Å². The number of likely N-dealkylation sites (tertiary alicyclic amines) is 1. The molecule has 0 unspecified atom stereocenters. The summed E-state index contributed by atoms with van der Waals surface area (Å²) in [6, 6.07) is 0.431. The van der Waals surface area contributed by atoms with E-state index < -0.39 is 0 Å². The largest absolute Gasteiger partial charge is 0.450 e. The molecule has 9 heteroatoms. The molecule has 2 amide bonds. The maximum absolute atomic E-state index is 11.7. The first-order valence-corrected chi connectivity index (χ1v) is 8.52. The van der Waals surface area contributed by atoms with Crippen molar-refractivity contribution in [2.75, 3.05) is 40.3 Å². The van der Waals surface area contributed by atoms with Crippen molar-refractivity contribution in [3.8, 4) is 0 Å². The Balaban J connectivity index is 0.00000576. The highest BCUT2D eigenvalue weighted by Crippen LogP contribution is 2.11. The molecule has 0 spiro atoms. The van der Waals surface area contributed by atoms with Gasteiger partial charge in [-0.25, -0.2) is 9.79 Å². The average molecular weight is 469 g/mol. The van der Waals surface area contributed by atoms with Gasteiger partial charge in [-0.3, -0.25) is 4.79 Å². The van der Waals surface area contributed by atoms with Crippen molar-refractivity contribution >= 4 is 41.9 Å². The van der Waals surface area contributed by atoms with E-state index in [1.807, 2.05) is 20.8 Å². The van der Waals surface area contributed by atoms with Crippen LogP contribution in [0.1, 0.15) is 33.6 Å². The molecule has 2 N–H and O–H groups in total. The number of rotatable bonds is 5. The number of hydrogen-bond donors (Lipinski definition) is 2. The Kier molecular flexibility index (Phi) is 11.5. The third-order valence-corrected chi connectivity index (χ3v) is 3.66. The fourth-order valence-corrected chi connectivity index (χ4v) is 2.31. The van der Waals surface area contributed by atoms with Gasteiger partial charge >= 0.3 is 6.09 Å². The van der Waals surface area contributed by atoms with E-state index in [4.69, 9.17) is 4.74 Å². The lowest BCUT2D eigenvalue weighted by molar-refractivity contribution is -0.127. The molecule has 0 bridgehead atoms. The van der Waals surface area contributed by atoms with Gasteiger partial charge in [0.25, 0.3) is 0 Å². The molecule has 1 saturated heterocycles. The van der Waals surface area contributed by atoms with Crippen molar-refractivity contribution in [2.45, 2.75) is 45.7 Å². The van der Waals surface area contributed by atoms with E-state index in [0.29, 0.717) is 25.7 Å². The second-order valence-electron chi connectivity index (χ2n) is 6.36. The fraction of sp³-hybridized carbons (Fsp3) is 0.812. The summed E-state index contributed by atoms with van der Waals surface area (Å²) in [7, 11) is 3.43. The average Bonchev–Trinajstić information content (AvgIpc) is 2.52. The molecule has 1 rings (SSSR count). The summed E-state index contributed by atoms with van der Waals surface area (Å²) in [5.41, 5.74) is 0. The second kappa shape index (κ2) is 12.2. The summed E-state index contributed by atoms with van der Waals surface area (Å²) in [6.45, 7) is 7.66. The van der Waals surface area contributed by atoms with Crippen LogP contribution in [0, 0.1) is 0 Å². The first kappa shape index (κ1) is 23.7. The molecule has 0 aliphatic carbocycles. The first-order chi connectivity index (χ1) is 11.3. The van der Waals surface area contributed by atoms with Gasteiger partial charge < -0.3 is 25.2 Å². The standard InChI is InChI=1S/C16H31N5O3.HI/c1-6-24-16(23)21-9-7-13(8-10-21)19-15(18-12(2)3)17-11-14(22)20(4)5;/h12-13H,6-11H2,1-5H3,(H2,17,18,19);1H. The molecule has 25 heavy (non-hydrogen) atoms. The van der Waals surface area contributed by atoms with E-state index in [1.165, 1.54) is 4.90 Å². The molecule has 1 heterocycles. The Labute approximate surface area is 167 Å². The summed E-state index contributed by atoms with van der Waals surface area (Å²) >= 11 is 0. The zero-order valence-corrected chi connectivity index (χ0v) is 18.2. The summed E-state index contributed by atoms with van der Waals surface area (Å²) in [4.78, 5) is 31.0. The monoisotopic (exact) mass is 469 g/mol. The number of ether oxygens (including phenoxy) is 1. The van der Waals surface area contributed by atoms with Crippen LogP contribution in [0.15, 0.2) is 4.99 Å². The molecule has 8 nitrogen and oxygen atoms in total. The number of nitrogens with zero attached hydrogens (tertiary/aromatic N) is 3. The van der Waals surface area contributed by atoms with Gasteiger partial charge in [0.15, 0.2) is 5.96 Å². The minimum absolute atomic E-state index is 0. The van der Waals surface area contributed by atoms with Gasteiger partial charge in [0, 0.05) is 39.3 Å².